The molecule has 0 fully saturated rings. The first-order valence-corrected chi connectivity index (χ1v) is 7.64. The summed E-state index contributed by atoms with van der Waals surface area (Å²) in [6.45, 7) is 0.906. The van der Waals surface area contributed by atoms with Crippen molar-refractivity contribution in [2.75, 3.05) is 23.7 Å². The Morgan fingerprint density at radius 1 is 1.33 bits per heavy atom. The molecule has 1 aromatic heterocycles. The maximum atomic E-state index is 13.5. The zero-order chi connectivity index (χ0) is 16.9. The van der Waals surface area contributed by atoms with Gasteiger partial charge in [-0.25, -0.2) is 4.39 Å². The summed E-state index contributed by atoms with van der Waals surface area (Å²) in [5.74, 6) is -1.64. The van der Waals surface area contributed by atoms with Crippen LogP contribution in [0.1, 0.15) is 17.9 Å². The number of pyridine rings is 1. The minimum Gasteiger partial charge on any atom is -0.382 e. The van der Waals surface area contributed by atoms with Crippen LogP contribution >= 0.6 is 0 Å². The van der Waals surface area contributed by atoms with E-state index in [4.69, 9.17) is 0 Å². The molecular formula is C17H17FN4O2. The van der Waals surface area contributed by atoms with Gasteiger partial charge in [0.05, 0.1) is 11.6 Å². The molecule has 1 aliphatic heterocycles. The van der Waals surface area contributed by atoms with E-state index >= 15 is 0 Å². The van der Waals surface area contributed by atoms with Gasteiger partial charge in [-0.05, 0) is 35.9 Å². The van der Waals surface area contributed by atoms with Crippen LogP contribution in [0.4, 0.5) is 15.8 Å². The van der Waals surface area contributed by atoms with E-state index in [0.717, 1.165) is 5.69 Å². The highest BCUT2D eigenvalue weighted by Crippen LogP contribution is 2.32. The molecular weight excluding hydrogens is 311 g/mol. The molecule has 0 aliphatic carbocycles. The molecule has 0 saturated carbocycles. The van der Waals surface area contributed by atoms with Gasteiger partial charge < -0.3 is 16.0 Å². The highest BCUT2D eigenvalue weighted by atomic mass is 19.1. The number of hydrogen-bond acceptors (Lipinski definition) is 4. The number of nitrogens with one attached hydrogen (secondary N) is 3. The molecule has 0 spiro atoms. The lowest BCUT2D eigenvalue weighted by molar-refractivity contribution is -0.126. The lowest BCUT2D eigenvalue weighted by atomic mass is 9.89. The third kappa shape index (κ3) is 3.68. The normalized spacial score (nSPS) is 16.0. The van der Waals surface area contributed by atoms with Crippen LogP contribution < -0.4 is 16.0 Å². The summed E-state index contributed by atoms with van der Waals surface area (Å²) in [5.41, 5.74) is 1.85. The van der Waals surface area contributed by atoms with Crippen molar-refractivity contribution in [2.45, 2.75) is 12.3 Å². The number of anilines is 2. The Morgan fingerprint density at radius 2 is 2.21 bits per heavy atom. The van der Waals surface area contributed by atoms with Crippen LogP contribution in [0.3, 0.4) is 0 Å². The molecule has 1 unspecified atom stereocenters. The second kappa shape index (κ2) is 7.08. The largest absolute Gasteiger partial charge is 0.382 e. The van der Waals surface area contributed by atoms with Crippen molar-refractivity contribution >= 4 is 23.2 Å². The zero-order valence-electron chi connectivity index (χ0n) is 12.9. The zero-order valence-corrected chi connectivity index (χ0v) is 12.9. The number of rotatable bonds is 5. The average molecular weight is 328 g/mol. The molecule has 3 N–H and O–H groups in total. The number of carbonyl (C=O) groups is 2. The van der Waals surface area contributed by atoms with Gasteiger partial charge in [-0.3, -0.25) is 14.6 Å². The summed E-state index contributed by atoms with van der Waals surface area (Å²) in [6.07, 6.45) is 3.38. The number of halogens is 1. The van der Waals surface area contributed by atoms with Crippen molar-refractivity contribution in [3.05, 3.63) is 54.1 Å². The van der Waals surface area contributed by atoms with E-state index < -0.39 is 11.7 Å². The summed E-state index contributed by atoms with van der Waals surface area (Å²) >= 11 is 0. The summed E-state index contributed by atoms with van der Waals surface area (Å²) in [5, 5.41) is 8.56. The molecule has 0 saturated heterocycles. The van der Waals surface area contributed by atoms with Crippen molar-refractivity contribution in [2.24, 2.45) is 0 Å². The van der Waals surface area contributed by atoms with Crippen molar-refractivity contribution in [3.8, 4) is 0 Å². The lowest BCUT2D eigenvalue weighted by Gasteiger charge is -2.25. The Balaban J connectivity index is 1.59. The fourth-order valence-electron chi connectivity index (χ4n) is 2.65. The third-order valence-corrected chi connectivity index (χ3v) is 3.78. The second-order valence-corrected chi connectivity index (χ2v) is 5.50. The smallest absolute Gasteiger partial charge is 0.228 e. The van der Waals surface area contributed by atoms with Gasteiger partial charge in [0.15, 0.2) is 0 Å². The molecule has 3 rings (SSSR count). The SMILES string of the molecule is O=C1CC(C(=O)NCCNc2cccnc2)c2cc(F)ccc2N1. The number of hydrogen-bond donors (Lipinski definition) is 3. The molecule has 1 aliphatic rings. The Kier molecular flexibility index (Phi) is 4.69. The predicted octanol–water partition coefficient (Wildman–Crippen LogP) is 1.87. The number of aromatic nitrogens is 1. The van der Waals surface area contributed by atoms with Crippen molar-refractivity contribution in [1.29, 1.82) is 0 Å². The van der Waals surface area contributed by atoms with Crippen molar-refractivity contribution in [3.63, 3.8) is 0 Å². The predicted molar refractivity (Wildman–Crippen MR) is 88.1 cm³/mol. The Bertz CT molecular complexity index is 752. The van der Waals surface area contributed by atoms with E-state index in [9.17, 15) is 14.0 Å². The van der Waals surface area contributed by atoms with Gasteiger partial charge in [-0.2, -0.15) is 0 Å². The minimum absolute atomic E-state index is 0.0122. The van der Waals surface area contributed by atoms with Gasteiger partial charge in [-0.15, -0.1) is 0 Å². The molecule has 2 aromatic rings. The molecule has 0 bridgehead atoms. The highest BCUT2D eigenvalue weighted by Gasteiger charge is 2.30. The van der Waals surface area contributed by atoms with Crippen LogP contribution in [0.25, 0.3) is 0 Å². The van der Waals surface area contributed by atoms with Crippen LogP contribution in [0.5, 0.6) is 0 Å². The van der Waals surface area contributed by atoms with E-state index in [2.05, 4.69) is 20.9 Å². The molecule has 124 valence electrons. The number of benzene rings is 1. The maximum Gasteiger partial charge on any atom is 0.228 e. The van der Waals surface area contributed by atoms with Crippen LogP contribution in [0.15, 0.2) is 42.7 Å². The molecule has 6 nitrogen and oxygen atoms in total. The maximum absolute atomic E-state index is 13.5. The third-order valence-electron chi connectivity index (χ3n) is 3.78. The molecule has 7 heteroatoms. The van der Waals surface area contributed by atoms with Crippen LogP contribution in [-0.2, 0) is 9.59 Å². The van der Waals surface area contributed by atoms with Gasteiger partial charge in [-0.1, -0.05) is 0 Å². The van der Waals surface area contributed by atoms with E-state index in [1.54, 1.807) is 12.4 Å². The fourth-order valence-corrected chi connectivity index (χ4v) is 2.65. The Morgan fingerprint density at radius 3 is 3.00 bits per heavy atom. The van der Waals surface area contributed by atoms with Gasteiger partial charge in [0.1, 0.15) is 5.82 Å². The topological polar surface area (TPSA) is 83.1 Å². The van der Waals surface area contributed by atoms with Crippen molar-refractivity contribution in [1.82, 2.24) is 10.3 Å². The van der Waals surface area contributed by atoms with Gasteiger partial charge >= 0.3 is 0 Å². The average Bonchev–Trinajstić information content (AvgIpc) is 2.59. The minimum atomic E-state index is -0.678. The first-order chi connectivity index (χ1) is 11.6. The van der Waals surface area contributed by atoms with Crippen molar-refractivity contribution < 1.29 is 14.0 Å². The molecule has 24 heavy (non-hydrogen) atoms. The quantitative estimate of drug-likeness (QED) is 0.732. The molecule has 1 aromatic carbocycles. The lowest BCUT2D eigenvalue weighted by Crippen LogP contribution is -2.37. The summed E-state index contributed by atoms with van der Waals surface area (Å²) in [6, 6.07) is 7.72. The summed E-state index contributed by atoms with van der Waals surface area (Å²) in [7, 11) is 0. The summed E-state index contributed by atoms with van der Waals surface area (Å²) < 4.78 is 13.5. The Hall–Kier alpha value is -2.96. The first kappa shape index (κ1) is 15.9. The monoisotopic (exact) mass is 328 g/mol. The molecule has 2 amide bonds. The molecule has 1 atom stereocenters. The Labute approximate surface area is 138 Å². The number of carbonyl (C=O) groups excluding carboxylic acids is 2. The second-order valence-electron chi connectivity index (χ2n) is 5.50. The van der Waals surface area contributed by atoms with E-state index in [1.807, 2.05) is 12.1 Å². The standard InChI is InChI=1S/C17H17FN4O2/c18-11-3-4-15-13(8-11)14(9-16(23)22-15)17(24)21-7-6-20-12-2-1-5-19-10-12/h1-5,8,10,14,20H,6-7,9H2,(H,21,24)(H,22,23). The first-order valence-electron chi connectivity index (χ1n) is 7.64. The fraction of sp³-hybridized carbons (Fsp3) is 0.235. The van der Waals surface area contributed by atoms with E-state index in [1.165, 1.54) is 18.2 Å². The van der Waals surface area contributed by atoms with Gasteiger partial charge in [0.2, 0.25) is 11.8 Å². The number of fused-ring (bicyclic) bond motifs is 1. The number of amides is 2. The van der Waals surface area contributed by atoms with Gasteiger partial charge in [0, 0.05) is 37.6 Å². The van der Waals surface area contributed by atoms with E-state index in [-0.39, 0.29) is 18.2 Å². The molecule has 0 radical (unpaired) electrons. The van der Waals surface area contributed by atoms with Gasteiger partial charge in [0.25, 0.3) is 0 Å². The summed E-state index contributed by atoms with van der Waals surface area (Å²) in [4.78, 5) is 28.1. The van der Waals surface area contributed by atoms with Crippen LogP contribution in [0.2, 0.25) is 0 Å². The van der Waals surface area contributed by atoms with Crippen LogP contribution in [0, 0.1) is 5.82 Å². The molecule has 2 heterocycles. The van der Waals surface area contributed by atoms with Crippen LogP contribution in [-0.4, -0.2) is 29.9 Å². The number of nitrogens with zero attached hydrogens (tertiary/aromatic N) is 1. The van der Waals surface area contributed by atoms with E-state index in [0.29, 0.717) is 24.3 Å². The highest BCUT2D eigenvalue weighted by molar-refractivity contribution is 6.01.